The van der Waals surface area contributed by atoms with Crippen molar-refractivity contribution in [1.29, 1.82) is 0 Å². The fourth-order valence-electron chi connectivity index (χ4n) is 1.75. The lowest BCUT2D eigenvalue weighted by Gasteiger charge is -2.31. The normalized spacial score (nSPS) is 11.7. The Balaban J connectivity index is 4.76. The van der Waals surface area contributed by atoms with Crippen molar-refractivity contribution in [3.63, 3.8) is 0 Å². The molecule has 0 aliphatic rings. The number of amides is 1. The van der Waals surface area contributed by atoms with Gasteiger partial charge in [-0.05, 0) is 24.7 Å². The Morgan fingerprint density at radius 2 is 1.39 bits per heavy atom. The first-order chi connectivity index (χ1) is 8.31. The summed E-state index contributed by atoms with van der Waals surface area (Å²) in [5.41, 5.74) is -0.536. The Kier molecular flexibility index (Phi) is 6.44. The van der Waals surface area contributed by atoms with Gasteiger partial charge in [0.05, 0.1) is 0 Å². The van der Waals surface area contributed by atoms with Crippen LogP contribution in [0.5, 0.6) is 0 Å². The van der Waals surface area contributed by atoms with Gasteiger partial charge in [0.2, 0.25) is 0 Å². The fraction of sp³-hybridized carbons (Fsp3) is 0.462. The smallest absolute Gasteiger partial charge is 0.348 e. The summed E-state index contributed by atoms with van der Waals surface area (Å²) in [6.07, 6.45) is 1.42. The number of rotatable bonds is 8. The van der Waals surface area contributed by atoms with Crippen LogP contribution < -0.4 is 5.32 Å². The van der Waals surface area contributed by atoms with Crippen molar-refractivity contribution in [2.24, 2.45) is 5.41 Å². The summed E-state index contributed by atoms with van der Waals surface area (Å²) in [5.74, 6) is -1.93. The molecule has 5 heteroatoms. The Morgan fingerprint density at radius 1 is 1.00 bits per heavy atom. The number of allylic oxidation sites excluding steroid dienone is 3. The maximum absolute atomic E-state index is 12.1. The van der Waals surface area contributed by atoms with Gasteiger partial charge in [0.25, 0.3) is 0 Å². The molecule has 0 heterocycles. The zero-order chi connectivity index (χ0) is 14.2. The Bertz CT molecular complexity index is 294. The summed E-state index contributed by atoms with van der Waals surface area (Å²) in [6, 6.07) is 0. The molecule has 2 nitrogen and oxygen atoms in total. The average molecular weight is 261 g/mol. The van der Waals surface area contributed by atoms with Crippen molar-refractivity contribution in [3.8, 4) is 0 Å². The maximum atomic E-state index is 12.1. The first kappa shape index (κ1) is 16.5. The molecule has 0 aromatic carbocycles. The van der Waals surface area contributed by atoms with Gasteiger partial charge in [-0.15, -0.1) is 19.7 Å². The van der Waals surface area contributed by atoms with Crippen LogP contribution in [0.1, 0.15) is 19.3 Å². The van der Waals surface area contributed by atoms with Gasteiger partial charge in [0.15, 0.2) is 0 Å². The second-order valence-electron chi connectivity index (χ2n) is 4.16. The molecule has 1 amide bonds. The number of nitrogens with one attached hydrogen (secondary N) is 1. The van der Waals surface area contributed by atoms with Crippen molar-refractivity contribution >= 4 is 5.91 Å². The molecule has 0 rings (SSSR count). The quantitative estimate of drug-likeness (QED) is 0.667. The van der Waals surface area contributed by atoms with Crippen LogP contribution in [0.3, 0.4) is 0 Å². The molecule has 0 aliphatic carbocycles. The maximum Gasteiger partial charge on any atom is 0.471 e. The van der Waals surface area contributed by atoms with Crippen molar-refractivity contribution < 1.29 is 18.0 Å². The van der Waals surface area contributed by atoms with Gasteiger partial charge < -0.3 is 5.32 Å². The zero-order valence-corrected chi connectivity index (χ0v) is 10.2. The lowest BCUT2D eigenvalue weighted by atomic mass is 9.78. The molecule has 0 unspecified atom stereocenters. The lowest BCUT2D eigenvalue weighted by Crippen LogP contribution is -2.43. The van der Waals surface area contributed by atoms with Crippen LogP contribution in [-0.4, -0.2) is 18.6 Å². The van der Waals surface area contributed by atoms with Gasteiger partial charge in [-0.25, -0.2) is 0 Å². The number of hydrogen-bond acceptors (Lipinski definition) is 1. The van der Waals surface area contributed by atoms with Crippen LogP contribution in [0.15, 0.2) is 38.0 Å². The molecular weight excluding hydrogens is 243 g/mol. The van der Waals surface area contributed by atoms with Gasteiger partial charge >= 0.3 is 12.1 Å². The molecule has 102 valence electrons. The number of halogens is 3. The minimum Gasteiger partial charge on any atom is -0.348 e. The monoisotopic (exact) mass is 261 g/mol. The van der Waals surface area contributed by atoms with E-state index in [9.17, 15) is 18.0 Å². The summed E-state index contributed by atoms with van der Waals surface area (Å²) in [5, 5.41) is 1.91. The number of alkyl halides is 3. The van der Waals surface area contributed by atoms with Crippen molar-refractivity contribution in [3.05, 3.63) is 38.0 Å². The topological polar surface area (TPSA) is 29.1 Å². The van der Waals surface area contributed by atoms with Crippen LogP contribution in [0, 0.1) is 5.41 Å². The standard InChI is InChI=1S/C13H18F3NO/c1-4-7-12(8-5-2,9-6-3)10-17-11(18)13(14,15)16/h4-6H,1-3,7-10H2,(H,17,18). The van der Waals surface area contributed by atoms with Crippen molar-refractivity contribution in [2.75, 3.05) is 6.54 Å². The molecule has 0 spiro atoms. The summed E-state index contributed by atoms with van der Waals surface area (Å²) in [7, 11) is 0. The van der Waals surface area contributed by atoms with Crippen molar-refractivity contribution in [1.82, 2.24) is 5.32 Å². The van der Waals surface area contributed by atoms with Crippen LogP contribution in [0.2, 0.25) is 0 Å². The van der Waals surface area contributed by atoms with E-state index in [1.165, 1.54) is 0 Å². The van der Waals surface area contributed by atoms with Crippen LogP contribution in [-0.2, 0) is 4.79 Å². The summed E-state index contributed by atoms with van der Waals surface area (Å²) >= 11 is 0. The Morgan fingerprint density at radius 3 is 1.67 bits per heavy atom. The fourth-order valence-corrected chi connectivity index (χ4v) is 1.75. The van der Waals surface area contributed by atoms with Gasteiger partial charge in [0, 0.05) is 6.54 Å². The van der Waals surface area contributed by atoms with E-state index in [4.69, 9.17) is 0 Å². The highest BCUT2D eigenvalue weighted by Gasteiger charge is 2.39. The molecule has 1 N–H and O–H groups in total. The van der Waals surface area contributed by atoms with Crippen LogP contribution >= 0.6 is 0 Å². The number of hydrogen-bond donors (Lipinski definition) is 1. The highest BCUT2D eigenvalue weighted by Crippen LogP contribution is 2.32. The third-order valence-corrected chi connectivity index (χ3v) is 2.61. The van der Waals surface area contributed by atoms with E-state index in [-0.39, 0.29) is 6.54 Å². The zero-order valence-electron chi connectivity index (χ0n) is 10.2. The SMILES string of the molecule is C=CCC(CC=C)(CC=C)CNC(=O)C(F)(F)F. The van der Waals surface area contributed by atoms with E-state index in [1.54, 1.807) is 18.2 Å². The number of carbonyl (C=O) groups is 1. The Hall–Kier alpha value is -1.52. The molecule has 0 aromatic heterocycles. The lowest BCUT2D eigenvalue weighted by molar-refractivity contribution is -0.174. The predicted octanol–water partition coefficient (Wildman–Crippen LogP) is 3.38. The van der Waals surface area contributed by atoms with E-state index in [0.717, 1.165) is 0 Å². The summed E-state index contributed by atoms with van der Waals surface area (Å²) < 4.78 is 36.3. The highest BCUT2D eigenvalue weighted by molar-refractivity contribution is 5.81. The van der Waals surface area contributed by atoms with E-state index >= 15 is 0 Å². The second kappa shape index (κ2) is 7.03. The van der Waals surface area contributed by atoms with Crippen molar-refractivity contribution in [2.45, 2.75) is 25.4 Å². The summed E-state index contributed by atoms with van der Waals surface area (Å²) in [4.78, 5) is 10.8. The van der Waals surface area contributed by atoms with Gasteiger partial charge in [-0.3, -0.25) is 4.79 Å². The minimum atomic E-state index is -4.86. The molecule has 0 bridgehead atoms. The van der Waals surface area contributed by atoms with Crippen LogP contribution in [0.4, 0.5) is 13.2 Å². The van der Waals surface area contributed by atoms with Gasteiger partial charge in [-0.2, -0.15) is 13.2 Å². The average Bonchev–Trinajstić information content (AvgIpc) is 2.25. The molecule has 18 heavy (non-hydrogen) atoms. The molecule has 0 radical (unpaired) electrons. The van der Waals surface area contributed by atoms with E-state index in [0.29, 0.717) is 19.3 Å². The van der Waals surface area contributed by atoms with E-state index < -0.39 is 17.5 Å². The third-order valence-electron chi connectivity index (χ3n) is 2.61. The molecule has 0 saturated heterocycles. The first-order valence-electron chi connectivity index (χ1n) is 5.49. The second-order valence-corrected chi connectivity index (χ2v) is 4.16. The molecular formula is C13H18F3NO. The number of carbonyl (C=O) groups excluding carboxylic acids is 1. The van der Waals surface area contributed by atoms with Crippen LogP contribution in [0.25, 0.3) is 0 Å². The largest absolute Gasteiger partial charge is 0.471 e. The predicted molar refractivity (Wildman–Crippen MR) is 65.9 cm³/mol. The van der Waals surface area contributed by atoms with Gasteiger partial charge in [0.1, 0.15) is 0 Å². The minimum absolute atomic E-state index is 0.0879. The first-order valence-corrected chi connectivity index (χ1v) is 5.49. The van der Waals surface area contributed by atoms with Gasteiger partial charge in [-0.1, -0.05) is 18.2 Å². The molecule has 0 aromatic rings. The molecule has 0 saturated carbocycles. The van der Waals surface area contributed by atoms with E-state index in [1.807, 2.05) is 5.32 Å². The third kappa shape index (κ3) is 5.21. The highest BCUT2D eigenvalue weighted by atomic mass is 19.4. The van der Waals surface area contributed by atoms with E-state index in [2.05, 4.69) is 19.7 Å². The molecule has 0 aliphatic heterocycles. The Labute approximate surface area is 105 Å². The molecule has 0 fully saturated rings. The summed E-state index contributed by atoms with van der Waals surface area (Å²) in [6.45, 7) is 10.7. The molecule has 0 atom stereocenters.